The van der Waals surface area contributed by atoms with Gasteiger partial charge in [0.15, 0.2) is 5.75 Å². The quantitative estimate of drug-likeness (QED) is 0.499. The van der Waals surface area contributed by atoms with Crippen LogP contribution >= 0.6 is 0 Å². The molecular weight excluding hydrogens is 424 g/mol. The van der Waals surface area contributed by atoms with Gasteiger partial charge in [-0.15, -0.1) is 0 Å². The number of rotatable bonds is 9. The van der Waals surface area contributed by atoms with Gasteiger partial charge >= 0.3 is 0 Å². The summed E-state index contributed by atoms with van der Waals surface area (Å²) in [6, 6.07) is 21.0. The number of aryl methyl sites for hydroxylation is 1. The van der Waals surface area contributed by atoms with E-state index < -0.39 is 9.84 Å². The molecule has 0 aliphatic carbocycles. The summed E-state index contributed by atoms with van der Waals surface area (Å²) in [5.74, 6) is -0.00456. The van der Waals surface area contributed by atoms with E-state index in [1.807, 2.05) is 44.2 Å². The van der Waals surface area contributed by atoms with Gasteiger partial charge in [-0.3, -0.25) is 4.79 Å². The Balaban J connectivity index is 1.80. The van der Waals surface area contributed by atoms with Gasteiger partial charge in [-0.1, -0.05) is 54.1 Å². The lowest BCUT2D eigenvalue weighted by molar-refractivity contribution is -0.120. The summed E-state index contributed by atoms with van der Waals surface area (Å²) in [4.78, 5) is 12.7. The van der Waals surface area contributed by atoms with Crippen molar-refractivity contribution in [2.75, 3.05) is 18.5 Å². The van der Waals surface area contributed by atoms with E-state index in [9.17, 15) is 13.2 Å². The monoisotopic (exact) mass is 452 g/mol. The number of carbonyl (C=O) groups excluding carboxylic acids is 1. The van der Waals surface area contributed by atoms with Crippen LogP contribution in [0.2, 0.25) is 0 Å². The summed E-state index contributed by atoms with van der Waals surface area (Å²) in [6.07, 6.45) is 0. The fraction of sp³-hybridized carbons (Fsp3) is 0.240. The van der Waals surface area contributed by atoms with Gasteiger partial charge in [-0.2, -0.15) is 0 Å². The number of benzene rings is 3. The highest BCUT2D eigenvalue weighted by Crippen LogP contribution is 2.35. The van der Waals surface area contributed by atoms with Crippen LogP contribution in [0.3, 0.4) is 0 Å². The summed E-state index contributed by atoms with van der Waals surface area (Å²) in [6.45, 7) is 5.86. The average Bonchev–Trinajstić information content (AvgIpc) is 2.79. The third-order valence-corrected chi connectivity index (χ3v) is 6.80. The summed E-state index contributed by atoms with van der Waals surface area (Å²) in [5, 5.41) is 5.96. The Morgan fingerprint density at radius 3 is 2.31 bits per heavy atom. The van der Waals surface area contributed by atoms with Crippen molar-refractivity contribution in [3.8, 4) is 5.75 Å². The van der Waals surface area contributed by atoms with Crippen LogP contribution < -0.4 is 15.4 Å². The number of hydrogen-bond donors (Lipinski definition) is 2. The SMILES string of the molecule is CCOc1c(NCC(=O)NC(C)c2ccccc2)cccc1S(=O)(=O)c1ccc(C)cc1. The first-order chi connectivity index (χ1) is 15.3. The molecule has 7 heteroatoms. The summed E-state index contributed by atoms with van der Waals surface area (Å²) in [7, 11) is -3.79. The molecule has 1 amide bonds. The molecule has 3 rings (SSSR count). The lowest BCUT2D eigenvalue weighted by atomic mass is 10.1. The van der Waals surface area contributed by atoms with Crippen molar-refractivity contribution in [1.82, 2.24) is 5.32 Å². The largest absolute Gasteiger partial charge is 0.490 e. The van der Waals surface area contributed by atoms with E-state index in [2.05, 4.69) is 10.6 Å². The highest BCUT2D eigenvalue weighted by atomic mass is 32.2. The third-order valence-electron chi connectivity index (χ3n) is 5.00. The van der Waals surface area contributed by atoms with Crippen LogP contribution in [0.5, 0.6) is 5.75 Å². The molecular formula is C25H28N2O4S. The first-order valence-corrected chi connectivity index (χ1v) is 12.0. The molecule has 0 radical (unpaired) electrons. The van der Waals surface area contributed by atoms with Crippen molar-refractivity contribution in [3.05, 3.63) is 83.9 Å². The van der Waals surface area contributed by atoms with E-state index in [1.54, 1.807) is 43.3 Å². The van der Waals surface area contributed by atoms with Gasteiger partial charge in [0.1, 0.15) is 4.90 Å². The van der Waals surface area contributed by atoms with Gasteiger partial charge in [0, 0.05) is 0 Å². The molecule has 0 aliphatic heterocycles. The number of hydrogen-bond acceptors (Lipinski definition) is 5. The lowest BCUT2D eigenvalue weighted by Crippen LogP contribution is -2.32. The smallest absolute Gasteiger partial charge is 0.239 e. The van der Waals surface area contributed by atoms with Crippen LogP contribution in [0.25, 0.3) is 0 Å². The first-order valence-electron chi connectivity index (χ1n) is 10.5. The molecule has 0 fully saturated rings. The molecule has 0 aliphatic rings. The molecule has 6 nitrogen and oxygen atoms in total. The number of carbonyl (C=O) groups is 1. The number of ether oxygens (including phenoxy) is 1. The van der Waals surface area contributed by atoms with E-state index in [0.717, 1.165) is 11.1 Å². The summed E-state index contributed by atoms with van der Waals surface area (Å²) in [5.41, 5.74) is 2.42. The predicted molar refractivity (Wildman–Crippen MR) is 126 cm³/mol. The maximum atomic E-state index is 13.2. The fourth-order valence-corrected chi connectivity index (χ4v) is 4.72. The van der Waals surface area contributed by atoms with E-state index in [4.69, 9.17) is 4.74 Å². The summed E-state index contributed by atoms with van der Waals surface area (Å²) >= 11 is 0. The minimum absolute atomic E-state index is 0.0225. The fourth-order valence-electron chi connectivity index (χ4n) is 3.30. The molecule has 0 aromatic heterocycles. The minimum Gasteiger partial charge on any atom is -0.490 e. The number of sulfone groups is 1. The van der Waals surface area contributed by atoms with Crippen molar-refractivity contribution >= 4 is 21.4 Å². The Labute approximate surface area is 189 Å². The molecule has 0 saturated heterocycles. The molecule has 0 bridgehead atoms. The highest BCUT2D eigenvalue weighted by Gasteiger charge is 2.24. The maximum absolute atomic E-state index is 13.2. The van der Waals surface area contributed by atoms with Crippen molar-refractivity contribution in [1.29, 1.82) is 0 Å². The van der Waals surface area contributed by atoms with Crippen molar-refractivity contribution in [2.24, 2.45) is 0 Å². The van der Waals surface area contributed by atoms with Crippen LogP contribution in [0, 0.1) is 6.92 Å². The summed E-state index contributed by atoms with van der Waals surface area (Å²) < 4.78 is 32.2. The second-order valence-electron chi connectivity index (χ2n) is 7.44. The third kappa shape index (κ3) is 5.48. The number of nitrogens with one attached hydrogen (secondary N) is 2. The molecule has 3 aromatic carbocycles. The molecule has 32 heavy (non-hydrogen) atoms. The van der Waals surface area contributed by atoms with Gasteiger partial charge in [0.2, 0.25) is 15.7 Å². The minimum atomic E-state index is -3.79. The zero-order valence-corrected chi connectivity index (χ0v) is 19.3. The Hall–Kier alpha value is -3.32. The van der Waals surface area contributed by atoms with Crippen LogP contribution in [0.1, 0.15) is 31.0 Å². The van der Waals surface area contributed by atoms with E-state index in [-0.39, 0.29) is 40.6 Å². The van der Waals surface area contributed by atoms with Crippen LogP contribution in [-0.2, 0) is 14.6 Å². The first kappa shape index (κ1) is 23.3. The Morgan fingerprint density at radius 1 is 0.969 bits per heavy atom. The van der Waals surface area contributed by atoms with Gasteiger partial charge in [0.25, 0.3) is 0 Å². The second-order valence-corrected chi connectivity index (χ2v) is 9.35. The highest BCUT2D eigenvalue weighted by molar-refractivity contribution is 7.91. The van der Waals surface area contributed by atoms with Gasteiger partial charge < -0.3 is 15.4 Å². The Morgan fingerprint density at radius 2 is 1.66 bits per heavy atom. The van der Waals surface area contributed by atoms with Gasteiger partial charge in [0.05, 0.1) is 29.8 Å². The number of para-hydroxylation sites is 1. The van der Waals surface area contributed by atoms with Crippen LogP contribution in [0.15, 0.2) is 82.6 Å². The predicted octanol–water partition coefficient (Wildman–Crippen LogP) is 4.52. The van der Waals surface area contributed by atoms with Crippen molar-refractivity contribution in [3.63, 3.8) is 0 Å². The van der Waals surface area contributed by atoms with E-state index in [1.165, 1.54) is 6.07 Å². The zero-order chi connectivity index (χ0) is 23.1. The van der Waals surface area contributed by atoms with Crippen LogP contribution in [0.4, 0.5) is 5.69 Å². The Kier molecular flexibility index (Phi) is 7.53. The van der Waals surface area contributed by atoms with E-state index in [0.29, 0.717) is 5.69 Å². The number of amides is 1. The van der Waals surface area contributed by atoms with E-state index >= 15 is 0 Å². The second kappa shape index (κ2) is 10.3. The average molecular weight is 453 g/mol. The number of anilines is 1. The van der Waals surface area contributed by atoms with Gasteiger partial charge in [-0.25, -0.2) is 8.42 Å². The molecule has 1 unspecified atom stereocenters. The van der Waals surface area contributed by atoms with Crippen molar-refractivity contribution in [2.45, 2.75) is 36.6 Å². The molecule has 0 spiro atoms. The molecule has 0 heterocycles. The van der Waals surface area contributed by atoms with Gasteiger partial charge in [-0.05, 0) is 50.6 Å². The Bertz CT molecular complexity index is 1160. The van der Waals surface area contributed by atoms with Crippen molar-refractivity contribution < 1.29 is 17.9 Å². The molecule has 0 saturated carbocycles. The molecule has 2 N–H and O–H groups in total. The molecule has 168 valence electrons. The van der Waals surface area contributed by atoms with Crippen LogP contribution in [-0.4, -0.2) is 27.5 Å². The molecule has 1 atom stereocenters. The zero-order valence-electron chi connectivity index (χ0n) is 18.5. The topological polar surface area (TPSA) is 84.5 Å². The normalized spacial score (nSPS) is 12.1. The standard InChI is InChI=1S/C25H28N2O4S/c1-4-31-25-22(26-17-24(28)27-19(3)20-9-6-5-7-10-20)11-8-12-23(25)32(29,30)21-15-13-18(2)14-16-21/h5-16,19,26H,4,17H2,1-3H3,(H,27,28). The lowest BCUT2D eigenvalue weighted by Gasteiger charge is -2.18. The molecule has 3 aromatic rings. The maximum Gasteiger partial charge on any atom is 0.239 e.